The Bertz CT molecular complexity index is 506. The van der Waals surface area contributed by atoms with Gasteiger partial charge in [0, 0.05) is 17.9 Å². The Morgan fingerprint density at radius 3 is 2.04 bits per heavy atom. The van der Waals surface area contributed by atoms with Crippen molar-refractivity contribution >= 4 is 23.3 Å². The Balaban J connectivity index is 4.67. The van der Waals surface area contributed by atoms with Gasteiger partial charge < -0.3 is 10.6 Å². The van der Waals surface area contributed by atoms with E-state index in [0.717, 1.165) is 6.42 Å². The highest BCUT2D eigenvalue weighted by atomic mass is 16.2. The average molecular weight is 369 g/mol. The summed E-state index contributed by atoms with van der Waals surface area (Å²) in [5, 5.41) is 5.57. The summed E-state index contributed by atoms with van der Waals surface area (Å²) in [6.45, 7) is 13.0. The molecule has 0 bridgehead atoms. The maximum atomic E-state index is 12.4. The van der Waals surface area contributed by atoms with Gasteiger partial charge in [0.25, 0.3) is 5.91 Å². The molecule has 0 aromatic rings. The van der Waals surface area contributed by atoms with Crippen LogP contribution in [0.4, 0.5) is 0 Å². The third kappa shape index (κ3) is 10.4. The van der Waals surface area contributed by atoms with E-state index in [4.69, 9.17) is 0 Å². The summed E-state index contributed by atoms with van der Waals surface area (Å²) in [5.41, 5.74) is -0.294. The minimum absolute atomic E-state index is 0.0214. The Morgan fingerprint density at radius 1 is 1.04 bits per heavy atom. The van der Waals surface area contributed by atoms with Crippen LogP contribution in [0.15, 0.2) is 0 Å². The predicted molar refractivity (Wildman–Crippen MR) is 103 cm³/mol. The van der Waals surface area contributed by atoms with Gasteiger partial charge in [0.2, 0.25) is 5.78 Å². The van der Waals surface area contributed by atoms with Crippen LogP contribution >= 0.6 is 0 Å². The molecule has 0 aromatic carbocycles. The van der Waals surface area contributed by atoms with Gasteiger partial charge in [-0.2, -0.15) is 0 Å². The molecule has 2 N–H and O–H groups in total. The van der Waals surface area contributed by atoms with E-state index in [2.05, 4.69) is 10.6 Å². The van der Waals surface area contributed by atoms with Crippen molar-refractivity contribution in [1.82, 2.24) is 10.6 Å². The number of carbonyl (C=O) groups excluding carboxylic acids is 4. The molecule has 0 aliphatic carbocycles. The minimum atomic E-state index is -0.753. The topological polar surface area (TPSA) is 92.3 Å². The van der Waals surface area contributed by atoms with Crippen molar-refractivity contribution < 1.29 is 19.2 Å². The van der Waals surface area contributed by atoms with E-state index in [0.29, 0.717) is 18.8 Å². The molecule has 150 valence electrons. The Labute approximate surface area is 157 Å². The number of ketones is 3. The van der Waals surface area contributed by atoms with E-state index in [-0.39, 0.29) is 36.0 Å². The van der Waals surface area contributed by atoms with E-state index in [9.17, 15) is 19.2 Å². The first-order valence-corrected chi connectivity index (χ1v) is 9.49. The fourth-order valence-electron chi connectivity index (χ4n) is 2.81. The zero-order valence-corrected chi connectivity index (χ0v) is 17.4. The predicted octanol–water partition coefficient (Wildman–Crippen LogP) is 2.44. The highest BCUT2D eigenvalue weighted by Crippen LogP contribution is 2.16. The van der Waals surface area contributed by atoms with Gasteiger partial charge in [0.1, 0.15) is 5.78 Å². The molecule has 0 heterocycles. The van der Waals surface area contributed by atoms with Gasteiger partial charge in [-0.05, 0) is 46.5 Å². The average Bonchev–Trinajstić information content (AvgIpc) is 2.49. The first-order chi connectivity index (χ1) is 11.9. The zero-order valence-electron chi connectivity index (χ0n) is 17.4. The van der Waals surface area contributed by atoms with E-state index < -0.39 is 17.7 Å². The maximum Gasteiger partial charge on any atom is 0.289 e. The van der Waals surface area contributed by atoms with Crippen molar-refractivity contribution in [2.75, 3.05) is 6.54 Å². The lowest BCUT2D eigenvalue weighted by atomic mass is 9.89. The first-order valence-electron chi connectivity index (χ1n) is 9.49. The fourth-order valence-corrected chi connectivity index (χ4v) is 2.81. The number of rotatable bonds is 12. The fraction of sp³-hybridized carbons (Fsp3) is 0.800. The van der Waals surface area contributed by atoms with Crippen LogP contribution < -0.4 is 10.6 Å². The number of hydrogen-bond acceptors (Lipinski definition) is 5. The van der Waals surface area contributed by atoms with Crippen LogP contribution in [0.3, 0.4) is 0 Å². The van der Waals surface area contributed by atoms with Crippen LogP contribution in [-0.2, 0) is 19.2 Å². The van der Waals surface area contributed by atoms with Crippen LogP contribution in [0.5, 0.6) is 0 Å². The van der Waals surface area contributed by atoms with Gasteiger partial charge in [-0.15, -0.1) is 0 Å². The van der Waals surface area contributed by atoms with E-state index in [1.165, 1.54) is 6.92 Å². The highest BCUT2D eigenvalue weighted by Gasteiger charge is 2.28. The summed E-state index contributed by atoms with van der Waals surface area (Å²) in [7, 11) is 0. The molecule has 0 saturated heterocycles. The van der Waals surface area contributed by atoms with Gasteiger partial charge in [-0.3, -0.25) is 19.2 Å². The van der Waals surface area contributed by atoms with Crippen LogP contribution in [0, 0.1) is 11.8 Å². The molecule has 0 aliphatic rings. The molecule has 0 aromatic heterocycles. The van der Waals surface area contributed by atoms with Gasteiger partial charge in [0.05, 0.1) is 12.6 Å². The maximum absolute atomic E-state index is 12.4. The quantitative estimate of drug-likeness (QED) is 0.516. The second kappa shape index (κ2) is 11.2. The normalized spacial score (nSPS) is 14.0. The molecule has 0 fully saturated rings. The van der Waals surface area contributed by atoms with Gasteiger partial charge >= 0.3 is 0 Å². The largest absolute Gasteiger partial charge is 0.342 e. The number of Topliss-reactive ketones (excluding diaryl/α,β-unsaturated/α-hetero) is 3. The minimum Gasteiger partial charge on any atom is -0.342 e. The van der Waals surface area contributed by atoms with Crippen molar-refractivity contribution in [3.63, 3.8) is 0 Å². The highest BCUT2D eigenvalue weighted by molar-refractivity contribution is 6.38. The van der Waals surface area contributed by atoms with Crippen molar-refractivity contribution in [2.24, 2.45) is 11.8 Å². The lowest BCUT2D eigenvalue weighted by molar-refractivity contribution is -0.140. The molecular weight excluding hydrogens is 332 g/mol. The van der Waals surface area contributed by atoms with Gasteiger partial charge in [-0.25, -0.2) is 0 Å². The Morgan fingerprint density at radius 2 is 1.62 bits per heavy atom. The summed E-state index contributed by atoms with van der Waals surface area (Å²) < 4.78 is 0. The summed E-state index contributed by atoms with van der Waals surface area (Å²) in [4.78, 5) is 48.2. The number of nitrogens with one attached hydrogen (secondary N) is 2. The Kier molecular flexibility index (Phi) is 10.5. The second-order valence-electron chi connectivity index (χ2n) is 8.46. The lowest BCUT2D eigenvalue weighted by Crippen LogP contribution is -2.52. The van der Waals surface area contributed by atoms with Crippen molar-refractivity contribution in [1.29, 1.82) is 0 Å². The second-order valence-corrected chi connectivity index (χ2v) is 8.46. The molecule has 0 radical (unpaired) electrons. The molecule has 6 nitrogen and oxygen atoms in total. The number of carbonyl (C=O) groups is 4. The van der Waals surface area contributed by atoms with Crippen LogP contribution in [0.25, 0.3) is 0 Å². The van der Waals surface area contributed by atoms with E-state index in [1.54, 1.807) is 0 Å². The molecule has 0 spiro atoms. The van der Waals surface area contributed by atoms with Crippen molar-refractivity contribution in [3.8, 4) is 0 Å². The molecule has 26 heavy (non-hydrogen) atoms. The number of hydrogen-bond donors (Lipinski definition) is 2. The molecule has 0 aliphatic heterocycles. The molecular formula is C20H36N2O4. The third-order valence-electron chi connectivity index (χ3n) is 3.98. The monoisotopic (exact) mass is 368 g/mol. The number of amides is 1. The standard InChI is InChI=1S/C20H36N2O4/c1-8-9-17(22-20(5,6)7)18(25)19(26)21-12-16(24)11-15(14(4)23)10-13(2)3/h13,15,17,22H,8-12H2,1-7H3,(H,21,26). The smallest absolute Gasteiger partial charge is 0.289 e. The molecule has 1 amide bonds. The first kappa shape index (κ1) is 24.4. The Hall–Kier alpha value is -1.56. The summed E-state index contributed by atoms with van der Waals surface area (Å²) in [6.07, 6.45) is 2.06. The van der Waals surface area contributed by atoms with Gasteiger partial charge in [0.15, 0.2) is 5.78 Å². The molecule has 2 unspecified atom stereocenters. The van der Waals surface area contributed by atoms with E-state index in [1.807, 2.05) is 41.5 Å². The molecule has 6 heteroatoms. The van der Waals surface area contributed by atoms with Crippen LogP contribution in [0.1, 0.15) is 74.1 Å². The summed E-state index contributed by atoms with van der Waals surface area (Å²) in [6, 6.07) is -0.569. The van der Waals surface area contributed by atoms with Crippen molar-refractivity contribution in [2.45, 2.75) is 85.7 Å². The lowest BCUT2D eigenvalue weighted by Gasteiger charge is -2.27. The van der Waals surface area contributed by atoms with Crippen LogP contribution in [-0.4, -0.2) is 41.4 Å². The molecule has 0 rings (SSSR count). The van der Waals surface area contributed by atoms with Gasteiger partial charge in [-0.1, -0.05) is 27.2 Å². The summed E-state index contributed by atoms with van der Waals surface area (Å²) >= 11 is 0. The molecule has 2 atom stereocenters. The summed E-state index contributed by atoms with van der Waals surface area (Å²) in [5.74, 6) is -1.58. The zero-order chi connectivity index (χ0) is 20.5. The third-order valence-corrected chi connectivity index (χ3v) is 3.98. The van der Waals surface area contributed by atoms with Crippen LogP contribution in [0.2, 0.25) is 0 Å². The molecule has 0 saturated carbocycles. The van der Waals surface area contributed by atoms with Crippen molar-refractivity contribution in [3.05, 3.63) is 0 Å². The SMILES string of the molecule is CCCC(NC(C)(C)C)C(=O)C(=O)NCC(=O)CC(CC(C)C)C(C)=O. The van der Waals surface area contributed by atoms with E-state index >= 15 is 0 Å².